The number of hydrogen-bond acceptors (Lipinski definition) is 3. The molecule has 0 amide bonds. The minimum absolute atomic E-state index is 0.247. The Morgan fingerprint density at radius 1 is 0.839 bits per heavy atom. The third-order valence-electron chi connectivity index (χ3n) is 4.40. The third kappa shape index (κ3) is 10.9. The van der Waals surface area contributed by atoms with Crippen LogP contribution in [0.15, 0.2) is 42.5 Å². The maximum Gasteiger partial charge on any atom is 0.170 e. The van der Waals surface area contributed by atoms with Crippen molar-refractivity contribution >= 4 is 69.2 Å². The summed E-state index contributed by atoms with van der Waals surface area (Å²) < 4.78 is 5.79. The van der Waals surface area contributed by atoms with Gasteiger partial charge in [0.25, 0.3) is 0 Å². The average molecular weight is 500 g/mol. The Morgan fingerprint density at radius 2 is 1.55 bits per heavy atom. The van der Waals surface area contributed by atoms with Crippen molar-refractivity contribution < 1.29 is 4.74 Å². The minimum Gasteiger partial charge on any atom is -0.494 e. The van der Waals surface area contributed by atoms with Crippen LogP contribution in [-0.2, 0) is 0 Å². The molecule has 0 atom stereocenters. The lowest BCUT2D eigenvalue weighted by molar-refractivity contribution is 0.304. The van der Waals surface area contributed by atoms with Crippen molar-refractivity contribution in [2.24, 2.45) is 5.73 Å². The van der Waals surface area contributed by atoms with Gasteiger partial charge in [0.15, 0.2) is 10.2 Å². The number of rotatable bonds is 12. The van der Waals surface area contributed by atoms with Crippen LogP contribution in [0.5, 0.6) is 5.75 Å². The van der Waals surface area contributed by atoms with E-state index in [1.54, 1.807) is 12.1 Å². The molecule has 2 rings (SSSR count). The Bertz CT molecular complexity index is 867. The number of unbranched alkanes of at least 4 members (excludes halogenated alkanes) is 5. The van der Waals surface area contributed by atoms with Gasteiger partial charge in [-0.2, -0.15) is 0 Å². The fourth-order valence-electron chi connectivity index (χ4n) is 2.88. The van der Waals surface area contributed by atoms with E-state index < -0.39 is 0 Å². The van der Waals surface area contributed by atoms with Crippen molar-refractivity contribution in [2.75, 3.05) is 23.8 Å². The fraction of sp³-hybridized carbons (Fsp3) is 0.364. The summed E-state index contributed by atoms with van der Waals surface area (Å²) in [6.07, 6.45) is 6.80. The summed E-state index contributed by atoms with van der Waals surface area (Å²) in [5.41, 5.74) is 7.14. The number of ether oxygens (including phenoxy) is 1. The highest BCUT2D eigenvalue weighted by Crippen LogP contribution is 2.25. The smallest absolute Gasteiger partial charge is 0.170 e. The molecule has 2 aromatic rings. The van der Waals surface area contributed by atoms with Crippen molar-refractivity contribution in [2.45, 2.75) is 38.5 Å². The first-order valence-electron chi connectivity index (χ1n) is 10.2. The van der Waals surface area contributed by atoms with E-state index >= 15 is 0 Å². The lowest BCUT2D eigenvalue weighted by atomic mass is 10.1. The maximum absolute atomic E-state index is 6.00. The number of anilines is 2. The van der Waals surface area contributed by atoms with Crippen molar-refractivity contribution in [3.05, 3.63) is 52.5 Å². The zero-order chi connectivity index (χ0) is 22.5. The van der Waals surface area contributed by atoms with E-state index in [2.05, 4.69) is 16.0 Å². The monoisotopic (exact) mass is 498 g/mol. The molecule has 0 fully saturated rings. The molecule has 0 aromatic heterocycles. The van der Waals surface area contributed by atoms with E-state index in [1.807, 2.05) is 30.3 Å². The molecule has 0 aliphatic rings. The van der Waals surface area contributed by atoms with Gasteiger partial charge in [0.2, 0.25) is 0 Å². The highest BCUT2D eigenvalue weighted by Gasteiger charge is 2.02. The first-order chi connectivity index (χ1) is 14.9. The van der Waals surface area contributed by atoms with Gasteiger partial charge in [-0.3, -0.25) is 0 Å². The Balaban J connectivity index is 1.46. The van der Waals surface area contributed by atoms with Crippen LogP contribution in [0.1, 0.15) is 38.5 Å². The molecule has 5 N–H and O–H groups in total. The maximum atomic E-state index is 6.00. The molecule has 0 heterocycles. The van der Waals surface area contributed by atoms with Crippen molar-refractivity contribution in [1.82, 2.24) is 5.32 Å². The predicted molar refractivity (Wildman–Crippen MR) is 141 cm³/mol. The highest BCUT2D eigenvalue weighted by molar-refractivity contribution is 7.80. The molecule has 0 aliphatic carbocycles. The molecule has 31 heavy (non-hydrogen) atoms. The molecule has 0 saturated heterocycles. The molecule has 9 heteroatoms. The van der Waals surface area contributed by atoms with E-state index in [-0.39, 0.29) is 5.11 Å². The van der Waals surface area contributed by atoms with E-state index in [1.165, 1.54) is 12.8 Å². The summed E-state index contributed by atoms with van der Waals surface area (Å²) in [6.45, 7) is 1.54. The van der Waals surface area contributed by atoms with E-state index in [0.29, 0.717) is 21.8 Å². The Hall–Kier alpha value is -1.80. The summed E-state index contributed by atoms with van der Waals surface area (Å²) in [5, 5.41) is 11.1. The molecule has 0 radical (unpaired) electrons. The van der Waals surface area contributed by atoms with Gasteiger partial charge in [-0.05, 0) is 67.6 Å². The molecule has 168 valence electrons. The lowest BCUT2D eigenvalue weighted by Gasteiger charge is -2.11. The highest BCUT2D eigenvalue weighted by atomic mass is 35.5. The van der Waals surface area contributed by atoms with E-state index in [4.69, 9.17) is 58.1 Å². The van der Waals surface area contributed by atoms with E-state index in [9.17, 15) is 0 Å². The minimum atomic E-state index is 0.247. The number of nitrogens with two attached hydrogens (primary N) is 1. The summed E-state index contributed by atoms with van der Waals surface area (Å²) in [4.78, 5) is 0. The first kappa shape index (κ1) is 25.5. The summed E-state index contributed by atoms with van der Waals surface area (Å²) >= 11 is 22.1. The average Bonchev–Trinajstić information content (AvgIpc) is 2.72. The van der Waals surface area contributed by atoms with Crippen LogP contribution in [0.25, 0.3) is 0 Å². The quantitative estimate of drug-likeness (QED) is 0.200. The molecule has 0 spiro atoms. The second-order valence-electron chi connectivity index (χ2n) is 7.00. The number of hydrogen-bond donors (Lipinski definition) is 4. The second kappa shape index (κ2) is 14.3. The number of nitrogens with one attached hydrogen (secondary N) is 3. The standard InChI is InChI=1S/C22H28Cl2N4OS2/c23-19-11-10-17(15-20(19)24)28-22(31)26-12-5-3-1-2-4-6-13-29-18-9-7-8-16(14-18)27-21(25)30/h7-11,14-15H,1-6,12-13H2,(H3,25,27,30)(H2,26,28,31). The van der Waals surface area contributed by atoms with Crippen molar-refractivity contribution in [3.63, 3.8) is 0 Å². The molecule has 0 aliphatic heterocycles. The van der Waals surface area contributed by atoms with Crippen LogP contribution in [0.2, 0.25) is 10.0 Å². The predicted octanol–water partition coefficient (Wildman–Crippen LogP) is 6.35. The van der Waals surface area contributed by atoms with Crippen molar-refractivity contribution in [1.29, 1.82) is 0 Å². The van der Waals surface area contributed by atoms with E-state index in [0.717, 1.165) is 49.4 Å². The van der Waals surface area contributed by atoms with Gasteiger partial charge in [0.1, 0.15) is 5.75 Å². The van der Waals surface area contributed by atoms with Crippen molar-refractivity contribution in [3.8, 4) is 5.75 Å². The van der Waals surface area contributed by atoms with Crippen LogP contribution >= 0.6 is 47.6 Å². The normalized spacial score (nSPS) is 10.4. The SMILES string of the molecule is NC(=S)Nc1cccc(OCCCCCCCCNC(=S)Nc2ccc(Cl)c(Cl)c2)c1. The van der Waals surface area contributed by atoms with Gasteiger partial charge < -0.3 is 26.4 Å². The Morgan fingerprint density at radius 3 is 2.29 bits per heavy atom. The summed E-state index contributed by atoms with van der Waals surface area (Å²) in [7, 11) is 0. The molecular formula is C22H28Cl2N4OS2. The lowest BCUT2D eigenvalue weighted by Crippen LogP contribution is -2.29. The number of halogens is 2. The Labute approximate surface area is 205 Å². The zero-order valence-electron chi connectivity index (χ0n) is 17.3. The summed E-state index contributed by atoms with van der Waals surface area (Å²) in [6, 6.07) is 13.0. The largest absolute Gasteiger partial charge is 0.494 e. The summed E-state index contributed by atoms with van der Waals surface area (Å²) in [5.74, 6) is 0.817. The van der Waals surface area contributed by atoms with Crippen LogP contribution in [0.3, 0.4) is 0 Å². The second-order valence-corrected chi connectivity index (χ2v) is 8.66. The molecule has 2 aromatic carbocycles. The molecule has 0 bridgehead atoms. The fourth-order valence-corrected chi connectivity index (χ4v) is 3.52. The first-order valence-corrected chi connectivity index (χ1v) is 11.8. The van der Waals surface area contributed by atoms with Crippen LogP contribution in [-0.4, -0.2) is 23.4 Å². The zero-order valence-corrected chi connectivity index (χ0v) is 20.4. The van der Waals surface area contributed by atoms with Gasteiger partial charge in [-0.25, -0.2) is 0 Å². The van der Waals surface area contributed by atoms with Gasteiger partial charge in [-0.1, -0.05) is 55.0 Å². The van der Waals surface area contributed by atoms with Gasteiger partial charge in [0.05, 0.1) is 16.7 Å². The molecule has 0 unspecified atom stereocenters. The van der Waals surface area contributed by atoms with Crippen LogP contribution in [0, 0.1) is 0 Å². The Kier molecular flexibility index (Phi) is 11.7. The third-order valence-corrected chi connectivity index (χ3v) is 5.49. The van der Waals surface area contributed by atoms with Gasteiger partial charge >= 0.3 is 0 Å². The van der Waals surface area contributed by atoms with Crippen LogP contribution < -0.4 is 26.4 Å². The topological polar surface area (TPSA) is 71.3 Å². The number of benzene rings is 2. The number of thiocarbonyl (C=S) groups is 2. The molecule has 0 saturated carbocycles. The molecule has 5 nitrogen and oxygen atoms in total. The van der Waals surface area contributed by atoms with Crippen LogP contribution in [0.4, 0.5) is 11.4 Å². The van der Waals surface area contributed by atoms with Gasteiger partial charge in [0, 0.05) is 24.0 Å². The van der Waals surface area contributed by atoms with Gasteiger partial charge in [-0.15, -0.1) is 0 Å². The molecular weight excluding hydrogens is 471 g/mol.